The first kappa shape index (κ1) is 13.8. The molecule has 22 heavy (non-hydrogen) atoms. The monoisotopic (exact) mass is 299 g/mol. The minimum Gasteiger partial charge on any atom is -0.388 e. The Morgan fingerprint density at radius 2 is 2.27 bits per heavy atom. The molecule has 2 saturated carbocycles. The molecule has 1 spiro atoms. The van der Waals surface area contributed by atoms with E-state index in [9.17, 15) is 4.79 Å². The molecule has 0 radical (unpaired) electrons. The molecule has 4 rings (SSSR count). The first-order valence-corrected chi connectivity index (χ1v) is 8.08. The molecule has 2 fully saturated rings. The van der Waals surface area contributed by atoms with Crippen LogP contribution in [-0.4, -0.2) is 27.0 Å². The van der Waals surface area contributed by atoms with Crippen LogP contribution in [0.15, 0.2) is 18.2 Å². The summed E-state index contributed by atoms with van der Waals surface area (Å²) < 4.78 is 0. The van der Waals surface area contributed by atoms with Crippen molar-refractivity contribution in [2.24, 2.45) is 5.41 Å². The lowest BCUT2D eigenvalue weighted by Gasteiger charge is -2.29. The third-order valence-corrected chi connectivity index (χ3v) is 5.17. The van der Waals surface area contributed by atoms with Crippen molar-refractivity contribution in [2.45, 2.75) is 51.2 Å². The normalized spacial score (nSPS) is 22.9. The number of carbonyl (C=O) groups is 1. The predicted octanol–water partition coefficient (Wildman–Crippen LogP) is 2.51. The second-order valence-corrected chi connectivity index (χ2v) is 6.84. The fraction of sp³-hybridized carbons (Fsp3) is 0.529. The van der Waals surface area contributed by atoms with Crippen LogP contribution in [0.3, 0.4) is 0 Å². The molecular weight excluding hydrogens is 278 g/mol. The largest absolute Gasteiger partial charge is 0.388 e. The zero-order chi connectivity index (χ0) is 15.2. The van der Waals surface area contributed by atoms with E-state index >= 15 is 0 Å². The van der Waals surface area contributed by atoms with Crippen molar-refractivity contribution >= 4 is 16.9 Å². The molecule has 1 unspecified atom stereocenters. The summed E-state index contributed by atoms with van der Waals surface area (Å²) in [5, 5.41) is 12.3. The Bertz CT molecular complexity index is 718. The fourth-order valence-electron chi connectivity index (χ4n) is 3.75. The van der Waals surface area contributed by atoms with Gasteiger partial charge >= 0.3 is 0 Å². The highest BCUT2D eigenvalue weighted by Crippen LogP contribution is 2.56. The second kappa shape index (κ2) is 5.09. The number of aliphatic hydroxyl groups excluding tert-OH is 1. The van der Waals surface area contributed by atoms with Crippen molar-refractivity contribution in [3.63, 3.8) is 0 Å². The Labute approximate surface area is 129 Å². The van der Waals surface area contributed by atoms with Crippen molar-refractivity contribution in [3.05, 3.63) is 29.6 Å². The van der Waals surface area contributed by atoms with Gasteiger partial charge in [-0.1, -0.05) is 6.42 Å². The summed E-state index contributed by atoms with van der Waals surface area (Å²) >= 11 is 0. The second-order valence-electron chi connectivity index (χ2n) is 6.84. The maximum atomic E-state index is 12.5. The number of nitrogens with one attached hydrogen (secondary N) is 2. The number of aromatic nitrogens is 2. The highest BCUT2D eigenvalue weighted by molar-refractivity contribution is 5.97. The van der Waals surface area contributed by atoms with E-state index < -0.39 is 0 Å². The molecule has 2 aliphatic carbocycles. The average molecular weight is 299 g/mol. The summed E-state index contributed by atoms with van der Waals surface area (Å²) in [6.07, 6.45) is 7.47. The van der Waals surface area contributed by atoms with Gasteiger partial charge in [0.15, 0.2) is 0 Å². The van der Waals surface area contributed by atoms with Gasteiger partial charge in [0, 0.05) is 11.6 Å². The lowest BCUT2D eigenvalue weighted by atomic mass is 9.83. The minimum absolute atomic E-state index is 0.00949. The summed E-state index contributed by atoms with van der Waals surface area (Å²) in [7, 11) is 0. The number of rotatable bonds is 3. The predicted molar refractivity (Wildman–Crippen MR) is 83.4 cm³/mol. The number of amides is 1. The van der Waals surface area contributed by atoms with E-state index in [-0.39, 0.29) is 12.5 Å². The van der Waals surface area contributed by atoms with Gasteiger partial charge in [-0.25, -0.2) is 4.98 Å². The van der Waals surface area contributed by atoms with Crippen molar-refractivity contribution in [3.8, 4) is 0 Å². The standard InChI is InChI=1S/C17H21N3O2/c21-10-15-19-13-4-3-11(8-14(13)20-15)16(22)18-12-2-1-5-17(9-12)6-7-17/h3-4,8,12,21H,1-2,5-7,9-10H2,(H,18,22)(H,19,20). The molecular formula is C17H21N3O2. The van der Waals surface area contributed by atoms with Gasteiger partial charge in [0.2, 0.25) is 0 Å². The Kier molecular flexibility index (Phi) is 3.18. The number of carbonyl (C=O) groups excluding carboxylic acids is 1. The number of hydrogen-bond acceptors (Lipinski definition) is 3. The molecule has 3 N–H and O–H groups in total. The molecule has 1 heterocycles. The summed E-state index contributed by atoms with van der Waals surface area (Å²) in [4.78, 5) is 19.7. The third-order valence-electron chi connectivity index (χ3n) is 5.17. The highest BCUT2D eigenvalue weighted by Gasteiger charge is 2.45. The van der Waals surface area contributed by atoms with Gasteiger partial charge in [-0.3, -0.25) is 4.79 Å². The molecule has 5 heteroatoms. The maximum Gasteiger partial charge on any atom is 0.251 e. The molecule has 0 saturated heterocycles. The van der Waals surface area contributed by atoms with Crippen molar-refractivity contribution in [1.82, 2.24) is 15.3 Å². The van der Waals surface area contributed by atoms with Crippen molar-refractivity contribution in [1.29, 1.82) is 0 Å². The number of aromatic amines is 1. The first-order valence-electron chi connectivity index (χ1n) is 8.08. The molecule has 1 atom stereocenters. The quantitative estimate of drug-likeness (QED) is 0.815. The smallest absolute Gasteiger partial charge is 0.251 e. The molecule has 2 aromatic rings. The van der Waals surface area contributed by atoms with Crippen LogP contribution < -0.4 is 5.32 Å². The van der Waals surface area contributed by atoms with E-state index in [1.807, 2.05) is 12.1 Å². The van der Waals surface area contributed by atoms with Crippen molar-refractivity contribution in [2.75, 3.05) is 0 Å². The summed E-state index contributed by atoms with van der Waals surface area (Å²) in [5.41, 5.74) is 2.77. The van der Waals surface area contributed by atoms with Crippen molar-refractivity contribution < 1.29 is 9.90 Å². The zero-order valence-electron chi connectivity index (χ0n) is 12.6. The van der Waals surface area contributed by atoms with Gasteiger partial charge in [-0.05, 0) is 55.7 Å². The number of H-pyrrole nitrogens is 1. The summed E-state index contributed by atoms with van der Waals surface area (Å²) in [6, 6.07) is 5.75. The van der Waals surface area contributed by atoms with E-state index in [2.05, 4.69) is 15.3 Å². The topological polar surface area (TPSA) is 78.0 Å². The van der Waals surface area contributed by atoms with Gasteiger partial charge in [-0.2, -0.15) is 0 Å². The minimum atomic E-state index is -0.125. The number of aliphatic hydroxyl groups is 1. The average Bonchev–Trinajstić information content (AvgIpc) is 3.13. The number of hydrogen-bond donors (Lipinski definition) is 3. The van der Waals surface area contributed by atoms with Gasteiger partial charge in [0.05, 0.1) is 11.0 Å². The van der Waals surface area contributed by atoms with Gasteiger partial charge < -0.3 is 15.4 Å². The summed E-state index contributed by atoms with van der Waals surface area (Å²) in [5.74, 6) is 0.514. The Morgan fingerprint density at radius 1 is 1.41 bits per heavy atom. The molecule has 2 aliphatic rings. The van der Waals surface area contributed by atoms with Gasteiger partial charge in [0.25, 0.3) is 5.91 Å². The lowest BCUT2D eigenvalue weighted by Crippen LogP contribution is -2.38. The van der Waals surface area contributed by atoms with Gasteiger partial charge in [-0.15, -0.1) is 0 Å². The molecule has 1 amide bonds. The van der Waals surface area contributed by atoms with Crippen LogP contribution in [0.2, 0.25) is 0 Å². The Morgan fingerprint density at radius 3 is 3.05 bits per heavy atom. The molecule has 0 bridgehead atoms. The fourth-order valence-corrected chi connectivity index (χ4v) is 3.75. The molecule has 116 valence electrons. The number of benzene rings is 1. The van der Waals surface area contributed by atoms with E-state index in [1.165, 1.54) is 25.7 Å². The SMILES string of the molecule is O=C(NC1CCCC2(CC2)C1)c1ccc2nc(CO)[nH]c2c1. The lowest BCUT2D eigenvalue weighted by molar-refractivity contribution is 0.0917. The van der Waals surface area contributed by atoms with E-state index in [0.717, 1.165) is 23.9 Å². The van der Waals surface area contributed by atoms with Crippen LogP contribution in [0.1, 0.15) is 54.7 Å². The van der Waals surface area contributed by atoms with Crippen LogP contribution in [0, 0.1) is 5.41 Å². The molecule has 1 aromatic heterocycles. The van der Waals surface area contributed by atoms with E-state index in [4.69, 9.17) is 5.11 Å². The summed E-state index contributed by atoms with van der Waals surface area (Å²) in [6.45, 7) is -0.125. The molecule has 0 aliphatic heterocycles. The molecule has 1 aromatic carbocycles. The number of imidazole rings is 1. The van der Waals surface area contributed by atoms with Gasteiger partial charge in [0.1, 0.15) is 12.4 Å². The third kappa shape index (κ3) is 2.50. The number of nitrogens with zero attached hydrogens (tertiary/aromatic N) is 1. The van der Waals surface area contributed by atoms with Crippen LogP contribution in [0.4, 0.5) is 0 Å². The van der Waals surface area contributed by atoms with Crippen LogP contribution in [0.25, 0.3) is 11.0 Å². The molecule has 5 nitrogen and oxygen atoms in total. The van der Waals surface area contributed by atoms with Crippen LogP contribution >= 0.6 is 0 Å². The maximum absolute atomic E-state index is 12.5. The first-order chi connectivity index (χ1) is 10.7. The van der Waals surface area contributed by atoms with Crippen LogP contribution in [-0.2, 0) is 6.61 Å². The highest BCUT2D eigenvalue weighted by atomic mass is 16.3. The zero-order valence-corrected chi connectivity index (χ0v) is 12.6. The number of fused-ring (bicyclic) bond motifs is 1. The van der Waals surface area contributed by atoms with E-state index in [0.29, 0.717) is 22.8 Å². The van der Waals surface area contributed by atoms with E-state index in [1.54, 1.807) is 6.07 Å². The Hall–Kier alpha value is -1.88. The van der Waals surface area contributed by atoms with Crippen LogP contribution in [0.5, 0.6) is 0 Å². The Balaban J connectivity index is 1.49.